The second kappa shape index (κ2) is 9.51. The van der Waals surface area contributed by atoms with Gasteiger partial charge < -0.3 is 15.5 Å². The summed E-state index contributed by atoms with van der Waals surface area (Å²) in [6.45, 7) is 10.1. The first-order valence-corrected chi connectivity index (χ1v) is 10.1. The minimum absolute atomic E-state index is 0.0152. The molecule has 0 unspecified atom stereocenters. The molecule has 1 aromatic carbocycles. The van der Waals surface area contributed by atoms with E-state index in [1.54, 1.807) is 0 Å². The normalized spacial score (nSPS) is 16.3. The highest BCUT2D eigenvalue weighted by atomic mass is 79.9. The molecule has 0 radical (unpaired) electrons. The minimum Gasteiger partial charge on any atom is -0.354 e. The van der Waals surface area contributed by atoms with Gasteiger partial charge in [0, 0.05) is 35.1 Å². The summed E-state index contributed by atoms with van der Waals surface area (Å²) in [6, 6.07) is 7.45. The van der Waals surface area contributed by atoms with Crippen LogP contribution >= 0.6 is 15.9 Å². The Morgan fingerprint density at radius 3 is 2.50 bits per heavy atom. The second-order valence-electron chi connectivity index (χ2n) is 8.01. The minimum atomic E-state index is -0.334. The molecule has 1 fully saturated rings. The van der Waals surface area contributed by atoms with Crippen LogP contribution in [0.2, 0.25) is 0 Å². The SMILES string of the molecule is CC(C)(C)C(=O)NCCN1CCC(CNC(=O)c2cccc(Br)c2)CC1. The van der Waals surface area contributed by atoms with Crippen LogP contribution in [0.4, 0.5) is 0 Å². The summed E-state index contributed by atoms with van der Waals surface area (Å²) in [5.41, 5.74) is 0.353. The Balaban J connectivity index is 1.64. The average Bonchev–Trinajstić information content (AvgIpc) is 2.60. The number of amides is 2. The van der Waals surface area contributed by atoms with Gasteiger partial charge in [-0.2, -0.15) is 0 Å². The van der Waals surface area contributed by atoms with Crippen molar-refractivity contribution in [3.8, 4) is 0 Å². The molecular weight excluding hydrogens is 394 g/mol. The van der Waals surface area contributed by atoms with Gasteiger partial charge in [0.2, 0.25) is 5.91 Å². The van der Waals surface area contributed by atoms with Crippen LogP contribution in [-0.4, -0.2) is 49.4 Å². The summed E-state index contributed by atoms with van der Waals surface area (Å²) < 4.78 is 0.914. The molecule has 0 bridgehead atoms. The topological polar surface area (TPSA) is 61.4 Å². The Morgan fingerprint density at radius 2 is 1.88 bits per heavy atom. The van der Waals surface area contributed by atoms with E-state index in [9.17, 15) is 9.59 Å². The van der Waals surface area contributed by atoms with Gasteiger partial charge >= 0.3 is 0 Å². The summed E-state index contributed by atoms with van der Waals surface area (Å²) in [4.78, 5) is 26.5. The molecule has 0 aliphatic carbocycles. The largest absolute Gasteiger partial charge is 0.354 e. The summed E-state index contributed by atoms with van der Waals surface area (Å²) >= 11 is 3.39. The number of halogens is 1. The van der Waals surface area contributed by atoms with Crippen LogP contribution in [0.25, 0.3) is 0 Å². The van der Waals surface area contributed by atoms with Crippen molar-refractivity contribution in [2.45, 2.75) is 33.6 Å². The van der Waals surface area contributed by atoms with E-state index in [-0.39, 0.29) is 17.2 Å². The predicted octanol–water partition coefficient (Wildman–Crippen LogP) is 3.05. The van der Waals surface area contributed by atoms with E-state index in [4.69, 9.17) is 0 Å². The van der Waals surface area contributed by atoms with Gasteiger partial charge in [0.05, 0.1) is 0 Å². The summed E-state index contributed by atoms with van der Waals surface area (Å²) in [5, 5.41) is 6.05. The van der Waals surface area contributed by atoms with Crippen LogP contribution in [-0.2, 0) is 4.79 Å². The number of nitrogens with zero attached hydrogens (tertiary/aromatic N) is 1. The average molecular weight is 424 g/mol. The Morgan fingerprint density at radius 1 is 1.19 bits per heavy atom. The molecule has 1 aromatic rings. The monoisotopic (exact) mass is 423 g/mol. The lowest BCUT2D eigenvalue weighted by atomic mass is 9.95. The van der Waals surface area contributed by atoms with E-state index in [0.29, 0.717) is 18.0 Å². The van der Waals surface area contributed by atoms with Crippen molar-refractivity contribution >= 4 is 27.7 Å². The standard InChI is InChI=1S/C20H30BrN3O2/c1-20(2,3)19(26)22-9-12-24-10-7-15(8-11-24)14-23-18(25)16-5-4-6-17(21)13-16/h4-6,13,15H,7-12,14H2,1-3H3,(H,22,26)(H,23,25). The fraction of sp³-hybridized carbons (Fsp3) is 0.600. The van der Waals surface area contributed by atoms with Gasteiger partial charge in [0.1, 0.15) is 0 Å². The molecule has 0 saturated carbocycles. The van der Waals surface area contributed by atoms with Gasteiger partial charge in [0.15, 0.2) is 0 Å². The van der Waals surface area contributed by atoms with Crippen molar-refractivity contribution in [3.05, 3.63) is 34.3 Å². The van der Waals surface area contributed by atoms with Gasteiger partial charge in [-0.3, -0.25) is 9.59 Å². The number of carbonyl (C=O) groups is 2. The fourth-order valence-electron chi connectivity index (χ4n) is 2.98. The molecule has 1 saturated heterocycles. The molecule has 0 atom stereocenters. The smallest absolute Gasteiger partial charge is 0.251 e. The quantitative estimate of drug-likeness (QED) is 0.738. The molecule has 26 heavy (non-hydrogen) atoms. The maximum absolute atomic E-state index is 12.2. The van der Waals surface area contributed by atoms with Crippen LogP contribution in [0.15, 0.2) is 28.7 Å². The zero-order valence-electron chi connectivity index (χ0n) is 16.0. The number of rotatable bonds is 6. The van der Waals surface area contributed by atoms with E-state index in [0.717, 1.165) is 43.5 Å². The van der Waals surface area contributed by atoms with Crippen LogP contribution in [0.3, 0.4) is 0 Å². The third-order valence-electron chi connectivity index (χ3n) is 4.74. The molecule has 144 valence electrons. The zero-order valence-corrected chi connectivity index (χ0v) is 17.6. The van der Waals surface area contributed by atoms with E-state index < -0.39 is 0 Å². The predicted molar refractivity (Wildman–Crippen MR) is 108 cm³/mol. The van der Waals surface area contributed by atoms with E-state index in [1.165, 1.54) is 0 Å². The zero-order chi connectivity index (χ0) is 19.2. The molecule has 2 amide bonds. The third-order valence-corrected chi connectivity index (χ3v) is 5.23. The molecule has 2 N–H and O–H groups in total. The van der Waals surface area contributed by atoms with Gasteiger partial charge in [-0.25, -0.2) is 0 Å². The number of likely N-dealkylation sites (tertiary alicyclic amines) is 1. The summed E-state index contributed by atoms with van der Waals surface area (Å²) in [6.07, 6.45) is 2.15. The van der Waals surface area contributed by atoms with Gasteiger partial charge in [-0.15, -0.1) is 0 Å². The number of benzene rings is 1. The Labute approximate surface area is 165 Å². The third kappa shape index (κ3) is 6.72. The van der Waals surface area contributed by atoms with Crippen LogP contribution in [0, 0.1) is 11.3 Å². The molecule has 5 nitrogen and oxygen atoms in total. The Kier molecular flexibility index (Phi) is 7.65. The molecule has 1 aliphatic heterocycles. The highest BCUT2D eigenvalue weighted by Gasteiger charge is 2.22. The second-order valence-corrected chi connectivity index (χ2v) is 8.93. The number of hydrogen-bond donors (Lipinski definition) is 2. The van der Waals surface area contributed by atoms with E-state index >= 15 is 0 Å². The van der Waals surface area contributed by atoms with Crippen molar-refractivity contribution in [2.75, 3.05) is 32.7 Å². The first-order chi connectivity index (χ1) is 12.3. The number of hydrogen-bond acceptors (Lipinski definition) is 3. The molecule has 1 heterocycles. The fourth-order valence-corrected chi connectivity index (χ4v) is 3.37. The lowest BCUT2D eigenvalue weighted by molar-refractivity contribution is -0.128. The molecule has 6 heteroatoms. The summed E-state index contributed by atoms with van der Waals surface area (Å²) in [7, 11) is 0. The molecule has 2 rings (SSSR count). The van der Waals surface area contributed by atoms with Crippen molar-refractivity contribution in [1.82, 2.24) is 15.5 Å². The lowest BCUT2D eigenvalue weighted by Crippen LogP contribution is -2.43. The van der Waals surface area contributed by atoms with Gasteiger partial charge in [0.25, 0.3) is 5.91 Å². The highest BCUT2D eigenvalue weighted by Crippen LogP contribution is 2.17. The number of nitrogens with one attached hydrogen (secondary N) is 2. The van der Waals surface area contributed by atoms with Crippen LogP contribution < -0.4 is 10.6 Å². The Hall–Kier alpha value is -1.40. The number of carbonyl (C=O) groups excluding carboxylic acids is 2. The van der Waals surface area contributed by atoms with Crippen LogP contribution in [0.5, 0.6) is 0 Å². The maximum atomic E-state index is 12.2. The Bertz CT molecular complexity index is 620. The van der Waals surface area contributed by atoms with Crippen molar-refractivity contribution in [2.24, 2.45) is 11.3 Å². The lowest BCUT2D eigenvalue weighted by Gasteiger charge is -2.32. The van der Waals surface area contributed by atoms with E-state index in [1.807, 2.05) is 45.0 Å². The van der Waals surface area contributed by atoms with E-state index in [2.05, 4.69) is 31.5 Å². The molecule has 0 spiro atoms. The van der Waals surface area contributed by atoms with Crippen LogP contribution in [0.1, 0.15) is 44.0 Å². The molecular formula is C20H30BrN3O2. The van der Waals surface area contributed by atoms with Gasteiger partial charge in [-0.1, -0.05) is 42.8 Å². The highest BCUT2D eigenvalue weighted by molar-refractivity contribution is 9.10. The first kappa shape index (κ1) is 20.9. The number of piperidine rings is 1. The molecule has 0 aromatic heterocycles. The van der Waals surface area contributed by atoms with Crippen molar-refractivity contribution < 1.29 is 9.59 Å². The molecule has 1 aliphatic rings. The van der Waals surface area contributed by atoms with Crippen molar-refractivity contribution in [3.63, 3.8) is 0 Å². The summed E-state index contributed by atoms with van der Waals surface area (Å²) in [5.74, 6) is 0.604. The van der Waals surface area contributed by atoms with Crippen molar-refractivity contribution in [1.29, 1.82) is 0 Å². The maximum Gasteiger partial charge on any atom is 0.251 e. The van der Waals surface area contributed by atoms with Gasteiger partial charge in [-0.05, 0) is 50.0 Å². The first-order valence-electron chi connectivity index (χ1n) is 9.30.